The molecule has 0 spiro atoms. The molecule has 1 aliphatic rings. The number of aromatic nitrogens is 1. The highest BCUT2D eigenvalue weighted by Crippen LogP contribution is 2.23. The number of hydrogen-bond acceptors (Lipinski definition) is 2. The number of nitrogens with one attached hydrogen (secondary N) is 1. The molecule has 0 amide bonds. The van der Waals surface area contributed by atoms with Gasteiger partial charge in [0.15, 0.2) is 5.11 Å². The van der Waals surface area contributed by atoms with Gasteiger partial charge in [-0.1, -0.05) is 17.7 Å². The minimum atomic E-state index is -0.595. The Morgan fingerprint density at radius 2 is 2.29 bits per heavy atom. The zero-order valence-electron chi connectivity index (χ0n) is 9.77. The van der Waals surface area contributed by atoms with Crippen LogP contribution in [0.5, 0.6) is 0 Å². The number of pyridine rings is 1. The number of nitrogens with zero attached hydrogens (tertiary/aromatic N) is 2. The molecule has 5 heteroatoms. The predicted molar refractivity (Wildman–Crippen MR) is 73.5 cm³/mol. The lowest BCUT2D eigenvalue weighted by molar-refractivity contribution is 0.450. The van der Waals surface area contributed by atoms with E-state index in [2.05, 4.69) is 10.3 Å². The summed E-state index contributed by atoms with van der Waals surface area (Å²) < 4.78 is 0. The molecule has 1 atom stereocenters. The van der Waals surface area contributed by atoms with Crippen LogP contribution in [0, 0.1) is 0 Å². The molecule has 1 aliphatic heterocycles. The second-order valence-corrected chi connectivity index (χ2v) is 5.37. The molecule has 2 rings (SSSR count). The van der Waals surface area contributed by atoms with Gasteiger partial charge < -0.3 is 10.2 Å². The Hall–Kier alpha value is -1.13. The highest BCUT2D eigenvalue weighted by molar-refractivity contribution is 7.80. The Labute approximate surface area is 111 Å². The molecule has 1 aromatic heterocycles. The number of halogens is 1. The fourth-order valence-electron chi connectivity index (χ4n) is 1.79. The minimum absolute atomic E-state index is 0.595. The third kappa shape index (κ3) is 2.96. The van der Waals surface area contributed by atoms with E-state index in [0.717, 1.165) is 11.4 Å². The van der Waals surface area contributed by atoms with Crippen molar-refractivity contribution in [2.45, 2.75) is 25.4 Å². The van der Waals surface area contributed by atoms with Crippen LogP contribution in [0.15, 0.2) is 36.2 Å². The molecular weight excluding hydrogens is 254 g/mol. The summed E-state index contributed by atoms with van der Waals surface area (Å²) in [5, 5.41) is 3.71. The summed E-state index contributed by atoms with van der Waals surface area (Å²) in [6.45, 7) is 4.53. The van der Waals surface area contributed by atoms with Gasteiger partial charge in [-0.25, -0.2) is 0 Å². The van der Waals surface area contributed by atoms with Crippen LogP contribution in [-0.2, 0) is 6.54 Å². The lowest BCUT2D eigenvalue weighted by atomic mass is 10.2. The lowest BCUT2D eigenvalue weighted by Crippen LogP contribution is -2.51. The molecule has 0 aliphatic carbocycles. The van der Waals surface area contributed by atoms with Crippen LogP contribution in [0.4, 0.5) is 0 Å². The summed E-state index contributed by atoms with van der Waals surface area (Å²) in [6, 6.07) is 5.84. The Balaban J connectivity index is 2.20. The number of alkyl halides is 1. The smallest absolute Gasteiger partial charge is 0.175 e. The minimum Gasteiger partial charge on any atom is -0.341 e. The van der Waals surface area contributed by atoms with Crippen LogP contribution >= 0.6 is 23.8 Å². The maximum Gasteiger partial charge on any atom is 0.175 e. The molecule has 0 fully saturated rings. The normalized spacial score (nSPS) is 24.3. The fraction of sp³-hybridized carbons (Fsp3) is 0.333. The first-order chi connectivity index (χ1) is 7.98. The second kappa shape index (κ2) is 4.63. The van der Waals surface area contributed by atoms with E-state index in [9.17, 15) is 0 Å². The van der Waals surface area contributed by atoms with E-state index in [1.807, 2.05) is 43.0 Å². The first kappa shape index (κ1) is 12.3. The maximum atomic E-state index is 6.21. The van der Waals surface area contributed by atoms with Gasteiger partial charge in [-0.15, -0.1) is 0 Å². The van der Waals surface area contributed by atoms with Gasteiger partial charge in [0.05, 0.1) is 12.2 Å². The lowest BCUT2D eigenvalue weighted by Gasteiger charge is -2.36. The first-order valence-electron chi connectivity index (χ1n) is 5.36. The topological polar surface area (TPSA) is 28.2 Å². The number of hydrogen-bond donors (Lipinski definition) is 1. The zero-order valence-corrected chi connectivity index (χ0v) is 11.3. The fourth-order valence-corrected chi connectivity index (χ4v) is 2.52. The molecule has 1 aromatic rings. The van der Waals surface area contributed by atoms with Gasteiger partial charge in [-0.2, -0.15) is 0 Å². The second-order valence-electron chi connectivity index (χ2n) is 4.20. The number of rotatable bonds is 2. The van der Waals surface area contributed by atoms with Gasteiger partial charge in [-0.3, -0.25) is 4.98 Å². The van der Waals surface area contributed by atoms with Crippen LogP contribution in [0.3, 0.4) is 0 Å². The van der Waals surface area contributed by atoms with Gasteiger partial charge in [0.2, 0.25) is 0 Å². The van der Waals surface area contributed by atoms with Crippen LogP contribution in [-0.4, -0.2) is 20.0 Å². The van der Waals surface area contributed by atoms with E-state index in [-0.39, 0.29) is 0 Å². The van der Waals surface area contributed by atoms with Crippen molar-refractivity contribution >= 4 is 28.9 Å². The highest BCUT2D eigenvalue weighted by Gasteiger charge is 2.28. The Morgan fingerprint density at radius 3 is 2.88 bits per heavy atom. The van der Waals surface area contributed by atoms with E-state index in [1.165, 1.54) is 0 Å². The Kier molecular flexibility index (Phi) is 3.35. The van der Waals surface area contributed by atoms with E-state index < -0.39 is 5.00 Å². The summed E-state index contributed by atoms with van der Waals surface area (Å²) in [6.07, 6.45) is 3.73. The van der Waals surface area contributed by atoms with Crippen molar-refractivity contribution in [1.29, 1.82) is 0 Å². The van der Waals surface area contributed by atoms with Crippen molar-refractivity contribution in [2.75, 3.05) is 0 Å². The van der Waals surface area contributed by atoms with E-state index >= 15 is 0 Å². The van der Waals surface area contributed by atoms with E-state index in [1.54, 1.807) is 6.20 Å². The quantitative estimate of drug-likeness (QED) is 0.507. The summed E-state index contributed by atoms with van der Waals surface area (Å²) in [5.41, 5.74) is 2.01. The van der Waals surface area contributed by atoms with Crippen molar-refractivity contribution in [2.24, 2.45) is 0 Å². The van der Waals surface area contributed by atoms with Gasteiger partial charge in [0, 0.05) is 11.9 Å². The Morgan fingerprint density at radius 1 is 1.53 bits per heavy atom. The van der Waals surface area contributed by atoms with Gasteiger partial charge >= 0.3 is 0 Å². The molecular formula is C12H14ClN3S. The third-order valence-corrected chi connectivity index (χ3v) is 3.07. The average Bonchev–Trinajstić information content (AvgIpc) is 2.24. The largest absolute Gasteiger partial charge is 0.341 e. The zero-order chi connectivity index (χ0) is 12.5. The number of allylic oxidation sites excluding steroid dienone is 1. The highest BCUT2D eigenvalue weighted by atomic mass is 35.5. The molecule has 0 radical (unpaired) electrons. The van der Waals surface area contributed by atoms with Crippen molar-refractivity contribution in [1.82, 2.24) is 15.2 Å². The Bertz CT molecular complexity index is 456. The molecule has 2 heterocycles. The van der Waals surface area contributed by atoms with Crippen molar-refractivity contribution in [3.8, 4) is 0 Å². The molecule has 0 saturated heterocycles. The molecule has 90 valence electrons. The van der Waals surface area contributed by atoms with Crippen LogP contribution < -0.4 is 5.32 Å². The monoisotopic (exact) mass is 267 g/mol. The molecule has 0 bridgehead atoms. The van der Waals surface area contributed by atoms with Crippen molar-refractivity contribution in [3.05, 3.63) is 41.9 Å². The molecule has 1 N–H and O–H groups in total. The van der Waals surface area contributed by atoms with Crippen LogP contribution in [0.1, 0.15) is 19.5 Å². The van der Waals surface area contributed by atoms with E-state index in [4.69, 9.17) is 23.8 Å². The van der Waals surface area contributed by atoms with Crippen molar-refractivity contribution < 1.29 is 0 Å². The van der Waals surface area contributed by atoms with Crippen molar-refractivity contribution in [3.63, 3.8) is 0 Å². The van der Waals surface area contributed by atoms with Gasteiger partial charge in [0.1, 0.15) is 5.00 Å². The van der Waals surface area contributed by atoms with Gasteiger partial charge in [-0.05, 0) is 44.3 Å². The number of thiocarbonyl (C=S) groups is 1. The SMILES string of the molecule is CC1=CC(C)(Cl)NC(=S)N1Cc1ccccn1. The summed E-state index contributed by atoms with van der Waals surface area (Å²) in [5.74, 6) is 0. The molecule has 17 heavy (non-hydrogen) atoms. The summed E-state index contributed by atoms with van der Waals surface area (Å²) in [7, 11) is 0. The standard InChI is InChI=1S/C12H14ClN3S/c1-9-7-12(2,13)15-11(17)16(9)8-10-5-3-4-6-14-10/h3-7H,8H2,1-2H3,(H,15,17). The predicted octanol–water partition coefficient (Wildman–Crippen LogP) is 2.63. The molecule has 0 saturated carbocycles. The molecule has 0 aromatic carbocycles. The van der Waals surface area contributed by atoms with Crippen LogP contribution in [0.25, 0.3) is 0 Å². The average molecular weight is 268 g/mol. The maximum absolute atomic E-state index is 6.21. The summed E-state index contributed by atoms with van der Waals surface area (Å²) >= 11 is 11.5. The summed E-state index contributed by atoms with van der Waals surface area (Å²) in [4.78, 5) is 5.68. The van der Waals surface area contributed by atoms with E-state index in [0.29, 0.717) is 11.7 Å². The first-order valence-corrected chi connectivity index (χ1v) is 6.14. The third-order valence-electron chi connectivity index (χ3n) is 2.55. The molecule has 3 nitrogen and oxygen atoms in total. The van der Waals surface area contributed by atoms with Crippen LogP contribution in [0.2, 0.25) is 0 Å². The van der Waals surface area contributed by atoms with Gasteiger partial charge in [0.25, 0.3) is 0 Å². The molecule has 1 unspecified atom stereocenters.